The molecule has 0 N–H and O–H groups in total. The Morgan fingerprint density at radius 2 is 0.726 bits per heavy atom. The third-order valence-corrected chi connectivity index (χ3v) is 16.8. The van der Waals surface area contributed by atoms with Crippen LogP contribution in [0.3, 0.4) is 0 Å². The lowest BCUT2D eigenvalue weighted by atomic mass is 9.67. The Bertz CT molecular complexity index is 4100. The summed E-state index contributed by atoms with van der Waals surface area (Å²) >= 11 is 0. The first kappa shape index (κ1) is 41.8. The molecule has 2 heteroatoms. The summed E-state index contributed by atoms with van der Waals surface area (Å²) in [6.07, 6.45) is 0. The van der Waals surface area contributed by atoms with Gasteiger partial charge in [0.05, 0.1) is 21.9 Å². The zero-order chi connectivity index (χ0) is 48.5. The van der Waals surface area contributed by atoms with Crippen LogP contribution in [-0.2, 0) is 16.2 Å². The van der Waals surface area contributed by atoms with Gasteiger partial charge in [-0.1, -0.05) is 238 Å². The molecule has 0 radical (unpaired) electrons. The Balaban J connectivity index is 1.02. The zero-order valence-electron chi connectivity index (χ0n) is 40.7. The minimum Gasteiger partial charge on any atom is -0.456 e. The Hall–Kier alpha value is -8.98. The van der Waals surface area contributed by atoms with Crippen LogP contribution in [-0.4, -0.2) is 0 Å². The van der Waals surface area contributed by atoms with E-state index in [4.69, 9.17) is 4.42 Å². The molecular weight excluding hydrogens is 883 g/mol. The number of para-hydroxylation sites is 1. The number of fused-ring (bicyclic) bond motifs is 12. The van der Waals surface area contributed by atoms with Gasteiger partial charge in [0, 0.05) is 27.7 Å². The van der Waals surface area contributed by atoms with E-state index in [-0.39, 0.29) is 5.41 Å². The first-order valence-electron chi connectivity index (χ1n) is 25.6. The van der Waals surface area contributed by atoms with Gasteiger partial charge in [0.15, 0.2) is 0 Å². The summed E-state index contributed by atoms with van der Waals surface area (Å²) in [6, 6.07) is 97.0. The molecule has 0 amide bonds. The number of furan rings is 1. The van der Waals surface area contributed by atoms with Crippen molar-refractivity contribution in [3.8, 4) is 33.4 Å². The summed E-state index contributed by atoms with van der Waals surface area (Å²) in [4.78, 5) is 2.51. The molecule has 1 aromatic heterocycles. The topological polar surface area (TPSA) is 16.4 Å². The van der Waals surface area contributed by atoms with Crippen LogP contribution < -0.4 is 4.90 Å². The highest BCUT2D eigenvalue weighted by Crippen LogP contribution is 2.60. The molecule has 12 aromatic rings. The van der Waals surface area contributed by atoms with Crippen molar-refractivity contribution in [1.82, 2.24) is 0 Å². The van der Waals surface area contributed by atoms with Crippen LogP contribution in [0.15, 0.2) is 265 Å². The second-order valence-corrected chi connectivity index (χ2v) is 20.6. The van der Waals surface area contributed by atoms with E-state index >= 15 is 0 Å². The maximum Gasteiger partial charge on any atom is 0.140 e. The predicted octanol–water partition coefficient (Wildman–Crippen LogP) is 18.1. The molecule has 15 rings (SSSR count). The fourth-order valence-corrected chi connectivity index (χ4v) is 13.8. The van der Waals surface area contributed by atoms with Gasteiger partial charge in [-0.25, -0.2) is 0 Å². The highest BCUT2D eigenvalue weighted by atomic mass is 16.3. The molecule has 0 spiro atoms. The minimum absolute atomic E-state index is 0.203. The lowest BCUT2D eigenvalue weighted by Crippen LogP contribution is -2.28. The van der Waals surface area contributed by atoms with E-state index in [1.54, 1.807) is 0 Å². The molecule has 0 saturated heterocycles. The molecule has 0 atom stereocenters. The van der Waals surface area contributed by atoms with Gasteiger partial charge in [-0.3, -0.25) is 0 Å². The van der Waals surface area contributed by atoms with Crippen LogP contribution >= 0.6 is 0 Å². The van der Waals surface area contributed by atoms with E-state index in [1.165, 1.54) is 83.5 Å². The standard InChI is InChI=1S/C71H49NO/c1-69(2)58-33-16-12-28-51(58)55-42-40-49(44-63(55)69)72(50-41-43-56-54-31-13-17-34-59(54)70(64(56)45-50,46-22-6-3-7-23-46)47-24-8-4-9-25-47)65-38-21-39-66-67(65)57-32-20-37-62(68(57)73-66)71(48-26-10-5-11-27-48)60-35-18-14-29-52(60)53-30-15-19-36-61(53)71/h3-45H,1-2H3. The number of anilines is 3. The number of rotatable bonds is 7. The van der Waals surface area contributed by atoms with Gasteiger partial charge >= 0.3 is 0 Å². The van der Waals surface area contributed by atoms with Gasteiger partial charge in [0.2, 0.25) is 0 Å². The molecule has 0 saturated carbocycles. The molecule has 344 valence electrons. The van der Waals surface area contributed by atoms with Crippen LogP contribution in [0.4, 0.5) is 17.1 Å². The van der Waals surface area contributed by atoms with Crippen molar-refractivity contribution in [2.45, 2.75) is 30.1 Å². The van der Waals surface area contributed by atoms with Gasteiger partial charge < -0.3 is 9.32 Å². The maximum atomic E-state index is 7.42. The lowest BCUT2D eigenvalue weighted by Gasteiger charge is -2.35. The second kappa shape index (κ2) is 15.5. The van der Waals surface area contributed by atoms with Crippen molar-refractivity contribution in [3.63, 3.8) is 0 Å². The normalized spacial score (nSPS) is 14.8. The van der Waals surface area contributed by atoms with Crippen molar-refractivity contribution in [1.29, 1.82) is 0 Å². The van der Waals surface area contributed by atoms with E-state index in [0.29, 0.717) is 0 Å². The van der Waals surface area contributed by atoms with E-state index in [0.717, 1.165) is 44.6 Å². The fraction of sp³-hybridized carbons (Fsp3) is 0.0704. The molecule has 0 aliphatic heterocycles. The Morgan fingerprint density at radius 3 is 1.29 bits per heavy atom. The minimum atomic E-state index is -0.630. The van der Waals surface area contributed by atoms with Crippen molar-refractivity contribution >= 4 is 39.0 Å². The highest BCUT2D eigenvalue weighted by molar-refractivity contribution is 6.15. The Morgan fingerprint density at radius 1 is 0.315 bits per heavy atom. The fourth-order valence-electron chi connectivity index (χ4n) is 13.8. The lowest BCUT2D eigenvalue weighted by molar-refractivity contribution is 0.648. The SMILES string of the molecule is CC1(C)c2ccccc2-c2ccc(N(c3ccc4c(c3)C(c3ccccc3)(c3ccccc3)c3ccccc3-4)c3cccc4oc5c(C6(c7ccccc7)c7ccccc7-c7ccccc76)cccc5c34)cc21. The van der Waals surface area contributed by atoms with Crippen LogP contribution in [0.1, 0.15) is 69.5 Å². The van der Waals surface area contributed by atoms with Gasteiger partial charge in [0.1, 0.15) is 11.2 Å². The van der Waals surface area contributed by atoms with Gasteiger partial charge in [-0.15, -0.1) is 0 Å². The van der Waals surface area contributed by atoms with Gasteiger partial charge in [-0.05, 0) is 120 Å². The van der Waals surface area contributed by atoms with Crippen LogP contribution in [0.5, 0.6) is 0 Å². The average Bonchev–Trinajstić information content (AvgIpc) is 4.18. The third-order valence-electron chi connectivity index (χ3n) is 16.8. The molecule has 0 bridgehead atoms. The quantitative estimate of drug-likeness (QED) is 0.158. The summed E-state index contributed by atoms with van der Waals surface area (Å²) in [5, 5.41) is 2.15. The summed E-state index contributed by atoms with van der Waals surface area (Å²) in [7, 11) is 0. The van der Waals surface area contributed by atoms with E-state index in [9.17, 15) is 0 Å². The first-order chi connectivity index (χ1) is 36.0. The van der Waals surface area contributed by atoms with E-state index in [2.05, 4.69) is 280 Å². The number of benzene rings is 11. The molecule has 3 aliphatic rings. The molecule has 2 nitrogen and oxygen atoms in total. The number of hydrogen-bond donors (Lipinski definition) is 0. The van der Waals surface area contributed by atoms with Crippen molar-refractivity contribution < 1.29 is 4.42 Å². The number of nitrogens with zero attached hydrogens (tertiary/aromatic N) is 1. The molecule has 0 fully saturated rings. The monoisotopic (exact) mass is 931 g/mol. The Labute approximate surface area is 426 Å². The summed E-state index contributed by atoms with van der Waals surface area (Å²) in [5.41, 5.74) is 23.8. The van der Waals surface area contributed by atoms with Gasteiger partial charge in [-0.2, -0.15) is 0 Å². The average molecular weight is 932 g/mol. The van der Waals surface area contributed by atoms with Crippen molar-refractivity contribution in [3.05, 3.63) is 316 Å². The number of hydrogen-bond acceptors (Lipinski definition) is 2. The molecule has 0 unspecified atom stereocenters. The second-order valence-electron chi connectivity index (χ2n) is 20.6. The molecule has 3 aliphatic carbocycles. The predicted molar refractivity (Wildman–Crippen MR) is 301 cm³/mol. The van der Waals surface area contributed by atoms with Gasteiger partial charge in [0.25, 0.3) is 0 Å². The molecule has 73 heavy (non-hydrogen) atoms. The molecule has 11 aromatic carbocycles. The largest absolute Gasteiger partial charge is 0.456 e. The molecule has 1 heterocycles. The van der Waals surface area contributed by atoms with Crippen LogP contribution in [0, 0.1) is 0 Å². The van der Waals surface area contributed by atoms with Crippen molar-refractivity contribution in [2.75, 3.05) is 4.90 Å². The summed E-state index contributed by atoms with van der Waals surface area (Å²) < 4.78 is 7.42. The maximum absolute atomic E-state index is 7.42. The van der Waals surface area contributed by atoms with Crippen LogP contribution in [0.2, 0.25) is 0 Å². The summed E-state index contributed by atoms with van der Waals surface area (Å²) in [6.45, 7) is 4.75. The van der Waals surface area contributed by atoms with Crippen molar-refractivity contribution in [2.24, 2.45) is 0 Å². The third kappa shape index (κ3) is 5.58. The highest BCUT2D eigenvalue weighted by Gasteiger charge is 2.49. The van der Waals surface area contributed by atoms with Crippen LogP contribution in [0.25, 0.3) is 55.3 Å². The van der Waals surface area contributed by atoms with E-state index in [1.807, 2.05) is 0 Å². The smallest absolute Gasteiger partial charge is 0.140 e. The Kier molecular flexibility index (Phi) is 8.87. The first-order valence-corrected chi connectivity index (χ1v) is 25.6. The molecular formula is C71H49NO. The van der Waals surface area contributed by atoms with E-state index < -0.39 is 10.8 Å². The summed E-state index contributed by atoms with van der Waals surface area (Å²) in [5.74, 6) is 0. The zero-order valence-corrected chi connectivity index (χ0v) is 40.7.